The highest BCUT2D eigenvalue weighted by Crippen LogP contribution is 2.13. The number of nitrogens with one attached hydrogen (secondary N) is 1. The summed E-state index contributed by atoms with van der Waals surface area (Å²) in [5.41, 5.74) is 3.42. The lowest BCUT2D eigenvalue weighted by molar-refractivity contribution is -0.120. The van der Waals surface area contributed by atoms with Gasteiger partial charge >= 0.3 is 0 Å². The van der Waals surface area contributed by atoms with Crippen molar-refractivity contribution in [3.63, 3.8) is 0 Å². The van der Waals surface area contributed by atoms with Crippen molar-refractivity contribution in [3.05, 3.63) is 69.7 Å². The predicted octanol–water partition coefficient (Wildman–Crippen LogP) is 3.14. The van der Waals surface area contributed by atoms with E-state index in [9.17, 15) is 4.79 Å². The van der Waals surface area contributed by atoms with Crippen LogP contribution < -0.4 is 5.32 Å². The maximum Gasteiger partial charge on any atom is 0.224 e. The van der Waals surface area contributed by atoms with E-state index in [1.54, 1.807) is 0 Å². The number of hydrogen-bond acceptors (Lipinski definition) is 3. The van der Waals surface area contributed by atoms with Gasteiger partial charge in [-0.05, 0) is 28.8 Å². The maximum atomic E-state index is 12.2. The summed E-state index contributed by atoms with van der Waals surface area (Å²) in [4.78, 5) is 14.5. The van der Waals surface area contributed by atoms with Crippen LogP contribution in [0.1, 0.15) is 16.7 Å². The van der Waals surface area contributed by atoms with E-state index in [4.69, 9.17) is 4.74 Å². The third kappa shape index (κ3) is 5.96. The summed E-state index contributed by atoms with van der Waals surface area (Å²) in [6.07, 6.45) is 0.396. The summed E-state index contributed by atoms with van der Waals surface area (Å²) in [7, 11) is 0. The van der Waals surface area contributed by atoms with Crippen LogP contribution in [-0.2, 0) is 29.0 Å². The topological polar surface area (TPSA) is 41.6 Å². The molecular weight excluding hydrogens is 380 g/mol. The van der Waals surface area contributed by atoms with E-state index in [1.165, 1.54) is 5.56 Å². The van der Waals surface area contributed by atoms with Crippen LogP contribution in [0, 0.1) is 0 Å². The van der Waals surface area contributed by atoms with Crippen molar-refractivity contribution in [3.8, 4) is 0 Å². The van der Waals surface area contributed by atoms with Crippen molar-refractivity contribution in [2.75, 3.05) is 26.3 Å². The zero-order valence-corrected chi connectivity index (χ0v) is 15.8. The van der Waals surface area contributed by atoms with Crippen LogP contribution in [0.4, 0.5) is 0 Å². The predicted molar refractivity (Wildman–Crippen MR) is 102 cm³/mol. The van der Waals surface area contributed by atoms with E-state index in [-0.39, 0.29) is 5.91 Å². The first-order valence-electron chi connectivity index (χ1n) is 8.58. The molecule has 0 spiro atoms. The number of amides is 1. The minimum Gasteiger partial charge on any atom is -0.379 e. The van der Waals surface area contributed by atoms with E-state index < -0.39 is 0 Å². The van der Waals surface area contributed by atoms with Gasteiger partial charge in [0.05, 0.1) is 19.6 Å². The highest BCUT2D eigenvalue weighted by Gasteiger charge is 2.11. The molecule has 1 N–H and O–H groups in total. The Morgan fingerprint density at radius 3 is 2.56 bits per heavy atom. The first-order valence-corrected chi connectivity index (χ1v) is 9.37. The quantitative estimate of drug-likeness (QED) is 0.806. The molecular formula is C20H23BrN2O2. The molecule has 0 aliphatic carbocycles. The zero-order chi connectivity index (χ0) is 17.5. The number of nitrogens with zero attached hydrogens (tertiary/aromatic N) is 1. The fourth-order valence-electron chi connectivity index (χ4n) is 2.95. The lowest BCUT2D eigenvalue weighted by Gasteiger charge is -2.26. The Morgan fingerprint density at radius 2 is 1.76 bits per heavy atom. The van der Waals surface area contributed by atoms with Crippen molar-refractivity contribution in [1.29, 1.82) is 0 Å². The monoisotopic (exact) mass is 402 g/mol. The van der Waals surface area contributed by atoms with Gasteiger partial charge in [0, 0.05) is 30.7 Å². The first kappa shape index (κ1) is 18.1. The molecule has 2 aromatic rings. The fourth-order valence-corrected chi connectivity index (χ4v) is 3.40. The third-order valence-electron chi connectivity index (χ3n) is 4.24. The zero-order valence-electron chi connectivity index (χ0n) is 14.2. The smallest absolute Gasteiger partial charge is 0.224 e. The summed E-state index contributed by atoms with van der Waals surface area (Å²) in [5, 5.41) is 3.01. The van der Waals surface area contributed by atoms with Gasteiger partial charge in [-0.3, -0.25) is 9.69 Å². The molecule has 4 nitrogen and oxygen atoms in total. The van der Waals surface area contributed by atoms with E-state index in [2.05, 4.69) is 50.4 Å². The van der Waals surface area contributed by atoms with Crippen molar-refractivity contribution in [1.82, 2.24) is 10.2 Å². The highest BCUT2D eigenvalue weighted by molar-refractivity contribution is 9.10. The molecule has 0 saturated carbocycles. The van der Waals surface area contributed by atoms with Gasteiger partial charge in [0.2, 0.25) is 5.91 Å². The second kappa shape index (κ2) is 9.13. The SMILES string of the molecule is O=C(Cc1cccc(Br)c1)NCc1cccc(CN2CCOCC2)c1. The Bertz CT molecular complexity index is 714. The molecule has 25 heavy (non-hydrogen) atoms. The molecule has 132 valence electrons. The lowest BCUT2D eigenvalue weighted by Crippen LogP contribution is -2.35. The molecule has 1 aliphatic rings. The number of ether oxygens (including phenoxy) is 1. The minimum atomic E-state index is 0.0386. The molecule has 3 rings (SSSR count). The Labute approximate surface area is 157 Å². The molecule has 1 saturated heterocycles. The Balaban J connectivity index is 1.50. The molecule has 0 atom stereocenters. The van der Waals surface area contributed by atoms with Crippen molar-refractivity contribution in [2.45, 2.75) is 19.5 Å². The van der Waals surface area contributed by atoms with Crippen LogP contribution in [0.25, 0.3) is 0 Å². The summed E-state index contributed by atoms with van der Waals surface area (Å²) < 4.78 is 6.38. The number of hydrogen-bond donors (Lipinski definition) is 1. The van der Waals surface area contributed by atoms with E-state index in [0.29, 0.717) is 13.0 Å². The molecule has 1 fully saturated rings. The van der Waals surface area contributed by atoms with E-state index in [0.717, 1.165) is 48.4 Å². The molecule has 1 aliphatic heterocycles. The van der Waals surface area contributed by atoms with Gasteiger partial charge in [0.25, 0.3) is 0 Å². The van der Waals surface area contributed by atoms with Gasteiger partial charge < -0.3 is 10.1 Å². The average molecular weight is 403 g/mol. The largest absolute Gasteiger partial charge is 0.379 e. The van der Waals surface area contributed by atoms with Gasteiger partial charge in [-0.2, -0.15) is 0 Å². The van der Waals surface area contributed by atoms with Crippen molar-refractivity contribution >= 4 is 21.8 Å². The van der Waals surface area contributed by atoms with Crippen LogP contribution in [-0.4, -0.2) is 37.1 Å². The number of carbonyl (C=O) groups is 1. The summed E-state index contributed by atoms with van der Waals surface area (Å²) >= 11 is 3.43. The van der Waals surface area contributed by atoms with Gasteiger partial charge in [0.1, 0.15) is 0 Å². The van der Waals surface area contributed by atoms with Gasteiger partial charge in [-0.1, -0.05) is 52.3 Å². The minimum absolute atomic E-state index is 0.0386. The molecule has 0 bridgehead atoms. The van der Waals surface area contributed by atoms with Crippen LogP contribution in [0.15, 0.2) is 53.0 Å². The Morgan fingerprint density at radius 1 is 1.04 bits per heavy atom. The molecule has 0 unspecified atom stereocenters. The van der Waals surface area contributed by atoms with Gasteiger partial charge in [-0.15, -0.1) is 0 Å². The molecule has 5 heteroatoms. The standard InChI is InChI=1S/C20H23BrN2O2/c21-19-6-2-3-16(12-19)13-20(24)22-14-17-4-1-5-18(11-17)15-23-7-9-25-10-8-23/h1-6,11-12H,7-10,13-15H2,(H,22,24). The molecule has 0 aromatic heterocycles. The van der Waals surface area contributed by atoms with E-state index >= 15 is 0 Å². The average Bonchev–Trinajstić information content (AvgIpc) is 2.61. The second-order valence-electron chi connectivity index (χ2n) is 6.29. The van der Waals surface area contributed by atoms with Crippen molar-refractivity contribution < 1.29 is 9.53 Å². The normalized spacial score (nSPS) is 15.1. The van der Waals surface area contributed by atoms with E-state index in [1.807, 2.05) is 24.3 Å². The number of rotatable bonds is 6. The Kier molecular flexibility index (Phi) is 6.62. The van der Waals surface area contributed by atoms with Crippen LogP contribution in [0.3, 0.4) is 0 Å². The van der Waals surface area contributed by atoms with Crippen LogP contribution >= 0.6 is 15.9 Å². The maximum absolute atomic E-state index is 12.2. The fraction of sp³-hybridized carbons (Fsp3) is 0.350. The van der Waals surface area contributed by atoms with Gasteiger partial charge in [-0.25, -0.2) is 0 Å². The van der Waals surface area contributed by atoms with Crippen LogP contribution in [0.2, 0.25) is 0 Å². The van der Waals surface area contributed by atoms with Gasteiger partial charge in [0.15, 0.2) is 0 Å². The second-order valence-corrected chi connectivity index (χ2v) is 7.21. The first-order chi connectivity index (χ1) is 12.2. The number of carbonyl (C=O) groups excluding carboxylic acids is 1. The number of benzene rings is 2. The lowest BCUT2D eigenvalue weighted by atomic mass is 10.1. The van der Waals surface area contributed by atoms with Crippen molar-refractivity contribution in [2.24, 2.45) is 0 Å². The number of morpholine rings is 1. The molecule has 1 heterocycles. The summed E-state index contributed by atoms with van der Waals surface area (Å²) in [5.74, 6) is 0.0386. The Hall–Kier alpha value is -1.69. The molecule has 0 radical (unpaired) electrons. The molecule has 2 aromatic carbocycles. The summed E-state index contributed by atoms with van der Waals surface area (Å²) in [6, 6.07) is 16.3. The third-order valence-corrected chi connectivity index (χ3v) is 4.74. The molecule has 1 amide bonds. The summed E-state index contributed by atoms with van der Waals surface area (Å²) in [6.45, 7) is 5.07. The van der Waals surface area contributed by atoms with Crippen LogP contribution in [0.5, 0.6) is 0 Å². The highest BCUT2D eigenvalue weighted by atomic mass is 79.9. The number of halogens is 1.